The molecule has 2 aliphatic heterocycles. The Morgan fingerprint density at radius 2 is 1.92 bits per heavy atom. The van der Waals surface area contributed by atoms with E-state index in [1.165, 1.54) is 12.1 Å². The molecule has 11 heteroatoms. The van der Waals surface area contributed by atoms with Gasteiger partial charge in [-0.1, -0.05) is 18.2 Å². The van der Waals surface area contributed by atoms with E-state index in [4.69, 9.17) is 0 Å². The van der Waals surface area contributed by atoms with Crippen LogP contribution in [0, 0.1) is 0 Å². The molecule has 2 unspecified atom stereocenters. The van der Waals surface area contributed by atoms with E-state index >= 15 is 0 Å². The molecule has 3 heterocycles. The van der Waals surface area contributed by atoms with Crippen molar-refractivity contribution in [2.75, 3.05) is 6.54 Å². The molecule has 2 bridgehead atoms. The van der Waals surface area contributed by atoms with Crippen molar-refractivity contribution in [1.29, 1.82) is 0 Å². The third-order valence-corrected chi connectivity index (χ3v) is 5.86. The number of urea groups is 1. The number of benzene rings is 1. The average Bonchev–Trinajstić information content (AvgIpc) is 3.14. The molecule has 4 rings (SSSR count). The lowest BCUT2D eigenvalue weighted by Crippen LogP contribution is -2.38. The molecule has 1 aromatic carbocycles. The Morgan fingerprint density at radius 3 is 2.56 bits per heavy atom. The lowest BCUT2D eigenvalue weighted by atomic mass is 9.98. The van der Waals surface area contributed by atoms with Crippen molar-refractivity contribution in [1.82, 2.24) is 19.1 Å². The van der Waals surface area contributed by atoms with Gasteiger partial charge in [-0.2, -0.15) is 22.7 Å². The number of carboxylic acid groups (broad SMARTS) is 1. The summed E-state index contributed by atoms with van der Waals surface area (Å²) in [6.45, 7) is -0.0591. The lowest BCUT2D eigenvalue weighted by molar-refractivity contribution is -0.142. The van der Waals surface area contributed by atoms with E-state index in [0.717, 1.165) is 11.1 Å². The number of rotatable bonds is 3. The van der Waals surface area contributed by atoms with Gasteiger partial charge >= 0.3 is 12.0 Å². The van der Waals surface area contributed by atoms with Crippen molar-refractivity contribution in [3.63, 3.8) is 0 Å². The molecule has 0 radical (unpaired) electrons. The summed E-state index contributed by atoms with van der Waals surface area (Å²) in [7, 11) is -4.02. The van der Waals surface area contributed by atoms with Crippen LogP contribution in [0.25, 0.3) is 0 Å². The normalized spacial score (nSPS) is 22.2. The largest absolute Gasteiger partial charge is 0.479 e. The van der Waals surface area contributed by atoms with Gasteiger partial charge in [0.25, 0.3) is 10.0 Å². The predicted octanol–water partition coefficient (Wildman–Crippen LogP) is 0.427. The van der Waals surface area contributed by atoms with Crippen LogP contribution in [0.3, 0.4) is 0 Å². The molecule has 2 N–H and O–H groups in total. The first-order valence-corrected chi connectivity index (χ1v) is 8.68. The van der Waals surface area contributed by atoms with Crippen LogP contribution in [0.1, 0.15) is 23.3 Å². The van der Waals surface area contributed by atoms with Crippen molar-refractivity contribution in [2.24, 2.45) is 0 Å². The summed E-state index contributed by atoms with van der Waals surface area (Å²) in [5, 5.41) is 23.7. The number of nitrogens with zero attached hydrogens (tertiary/aromatic N) is 4. The van der Waals surface area contributed by atoms with Crippen LogP contribution in [0.5, 0.6) is 0 Å². The molecule has 1 saturated heterocycles. The molecule has 130 valence electrons. The molecule has 25 heavy (non-hydrogen) atoms. The van der Waals surface area contributed by atoms with Gasteiger partial charge in [0.05, 0.1) is 11.4 Å². The molecule has 0 spiro atoms. The maximum Gasteiger partial charge on any atom is 0.345 e. The molecule has 0 saturated carbocycles. The van der Waals surface area contributed by atoms with Gasteiger partial charge in [0.1, 0.15) is 11.7 Å². The summed E-state index contributed by atoms with van der Waals surface area (Å²) < 4.78 is 26.0. The monoisotopic (exact) mass is 364 g/mol. The minimum Gasteiger partial charge on any atom is -0.479 e. The Kier molecular flexibility index (Phi) is 3.14. The Morgan fingerprint density at radius 1 is 1.24 bits per heavy atom. The van der Waals surface area contributed by atoms with Gasteiger partial charge in [0, 0.05) is 11.8 Å². The number of hydroxylamine groups is 2. The van der Waals surface area contributed by atoms with Crippen LogP contribution in [0.15, 0.2) is 41.4 Å². The van der Waals surface area contributed by atoms with E-state index in [-0.39, 0.29) is 22.7 Å². The highest BCUT2D eigenvalue weighted by atomic mass is 32.2. The standard InChI is InChI=1S/C14H12N4O6S/c19-13(20)12-11-9(10-7-16(12)14(21)18(10)22)6-17(15-11)25(23,24)8-4-2-1-3-5-8/h1-6,10,12,22H,7H2,(H,19,20). The zero-order chi connectivity index (χ0) is 17.9. The summed E-state index contributed by atoms with van der Waals surface area (Å²) in [5.74, 6) is -1.36. The highest BCUT2D eigenvalue weighted by molar-refractivity contribution is 7.89. The summed E-state index contributed by atoms with van der Waals surface area (Å²) in [6, 6.07) is 4.38. The molecule has 0 aliphatic carbocycles. The third-order valence-electron chi connectivity index (χ3n) is 4.31. The van der Waals surface area contributed by atoms with Gasteiger partial charge < -0.3 is 10.0 Å². The van der Waals surface area contributed by atoms with E-state index in [1.54, 1.807) is 18.2 Å². The van der Waals surface area contributed by atoms with Gasteiger partial charge in [0.15, 0.2) is 6.04 Å². The number of carboxylic acids is 1. The van der Waals surface area contributed by atoms with Gasteiger partial charge in [-0.3, -0.25) is 5.21 Å². The van der Waals surface area contributed by atoms with Crippen molar-refractivity contribution in [3.05, 3.63) is 47.8 Å². The quantitative estimate of drug-likeness (QED) is 0.754. The van der Waals surface area contributed by atoms with Crippen LogP contribution >= 0.6 is 0 Å². The predicted molar refractivity (Wildman–Crippen MR) is 80.1 cm³/mol. The Labute approximate surface area is 141 Å². The molecule has 2 amide bonds. The van der Waals surface area contributed by atoms with Gasteiger partial charge in [-0.15, -0.1) is 0 Å². The van der Waals surface area contributed by atoms with Gasteiger partial charge in [0.2, 0.25) is 0 Å². The fourth-order valence-corrected chi connectivity index (χ4v) is 4.29. The van der Waals surface area contributed by atoms with Gasteiger partial charge in [-0.25, -0.2) is 9.59 Å². The van der Waals surface area contributed by atoms with Crippen molar-refractivity contribution in [2.45, 2.75) is 17.0 Å². The van der Waals surface area contributed by atoms with Crippen molar-refractivity contribution < 1.29 is 28.3 Å². The fourth-order valence-electron chi connectivity index (χ4n) is 3.12. The van der Waals surface area contributed by atoms with Crippen LogP contribution in [0.4, 0.5) is 4.79 Å². The second-order valence-electron chi connectivity index (χ2n) is 5.70. The minimum absolute atomic E-state index is 0.0101. The Balaban J connectivity index is 1.87. The molecule has 1 fully saturated rings. The van der Waals surface area contributed by atoms with Gasteiger partial charge in [-0.05, 0) is 12.1 Å². The first-order valence-electron chi connectivity index (χ1n) is 7.24. The summed E-state index contributed by atoms with van der Waals surface area (Å²) in [4.78, 5) is 24.5. The molecule has 2 aromatic rings. The van der Waals surface area contributed by atoms with Crippen LogP contribution in [-0.4, -0.2) is 56.4 Å². The zero-order valence-corrected chi connectivity index (χ0v) is 13.4. The van der Waals surface area contributed by atoms with Crippen molar-refractivity contribution in [3.8, 4) is 0 Å². The SMILES string of the molecule is O=C(O)C1c2nn(S(=O)(=O)c3ccccc3)cc2C2CN1C(=O)N2O. The number of carbonyl (C=O) groups excluding carboxylic acids is 1. The second kappa shape index (κ2) is 5.04. The van der Waals surface area contributed by atoms with E-state index in [9.17, 15) is 28.3 Å². The minimum atomic E-state index is -4.02. The summed E-state index contributed by atoms with van der Waals surface area (Å²) >= 11 is 0. The molecule has 10 nitrogen and oxygen atoms in total. The second-order valence-corrected chi connectivity index (χ2v) is 7.49. The van der Waals surface area contributed by atoms with E-state index < -0.39 is 34.1 Å². The number of fused-ring (bicyclic) bond motifs is 4. The first kappa shape index (κ1) is 15.6. The van der Waals surface area contributed by atoms with E-state index in [1.807, 2.05) is 0 Å². The maximum atomic E-state index is 12.7. The molecule has 2 atom stereocenters. The smallest absolute Gasteiger partial charge is 0.345 e. The highest BCUT2D eigenvalue weighted by Crippen LogP contribution is 2.42. The van der Waals surface area contributed by atoms with Crippen LogP contribution < -0.4 is 0 Å². The first-order chi connectivity index (χ1) is 11.8. The maximum absolute atomic E-state index is 12.7. The van der Waals surface area contributed by atoms with Crippen LogP contribution in [-0.2, 0) is 14.8 Å². The average molecular weight is 364 g/mol. The van der Waals surface area contributed by atoms with Crippen LogP contribution in [0.2, 0.25) is 0 Å². The number of aromatic nitrogens is 2. The third kappa shape index (κ3) is 2.06. The Hall–Kier alpha value is -2.92. The summed E-state index contributed by atoms with van der Waals surface area (Å²) in [5.41, 5.74) is 0.115. The number of aliphatic carboxylic acids is 1. The van der Waals surface area contributed by atoms with E-state index in [0.29, 0.717) is 9.15 Å². The molecular formula is C14H12N4O6S. The summed E-state index contributed by atoms with van der Waals surface area (Å²) in [6.07, 6.45) is 1.15. The highest BCUT2D eigenvalue weighted by Gasteiger charge is 2.52. The fraction of sp³-hybridized carbons (Fsp3) is 0.214. The number of hydrogen-bond donors (Lipinski definition) is 2. The molecule has 1 aromatic heterocycles. The number of amides is 2. The topological polar surface area (TPSA) is 133 Å². The molecular weight excluding hydrogens is 352 g/mol. The zero-order valence-electron chi connectivity index (χ0n) is 12.6. The number of carbonyl (C=O) groups is 2. The van der Waals surface area contributed by atoms with Crippen molar-refractivity contribution >= 4 is 22.0 Å². The molecule has 2 aliphatic rings. The van der Waals surface area contributed by atoms with E-state index in [2.05, 4.69) is 5.10 Å². The number of hydrogen-bond acceptors (Lipinski definition) is 6. The lowest BCUT2D eigenvalue weighted by Gasteiger charge is -2.25. The Bertz CT molecular complexity index is 986.